The lowest BCUT2D eigenvalue weighted by atomic mass is 9.99. The minimum Gasteiger partial charge on any atom is -0.309 e. The number of aromatic nitrogens is 4. The molecule has 4 nitrogen and oxygen atoms in total. The monoisotopic (exact) mass is 656 g/mol. The average Bonchev–Trinajstić information content (AvgIpc) is 3.73. The van der Waals surface area contributed by atoms with E-state index in [1.165, 1.54) is 53.1 Å². The molecule has 0 spiro atoms. The van der Waals surface area contributed by atoms with E-state index in [-0.39, 0.29) is 0 Å². The minimum absolute atomic E-state index is 0.662. The number of para-hydroxylation sites is 1. The van der Waals surface area contributed by atoms with Crippen molar-refractivity contribution < 1.29 is 0 Å². The molecule has 3 aromatic heterocycles. The predicted molar refractivity (Wildman–Crippen MR) is 209 cm³/mol. The molecular weight excluding hydrogens is 629 g/mol. The number of benzene rings is 7. The maximum Gasteiger partial charge on any atom is 0.164 e. The van der Waals surface area contributed by atoms with E-state index in [0.29, 0.717) is 17.5 Å². The van der Waals surface area contributed by atoms with Crippen molar-refractivity contribution >= 4 is 53.3 Å². The molecule has 5 heteroatoms. The highest BCUT2D eigenvalue weighted by Crippen LogP contribution is 2.41. The lowest BCUT2D eigenvalue weighted by molar-refractivity contribution is 1.07. The molecule has 0 saturated carbocycles. The van der Waals surface area contributed by atoms with Crippen molar-refractivity contribution in [1.82, 2.24) is 19.5 Å². The van der Waals surface area contributed by atoms with E-state index >= 15 is 0 Å². The van der Waals surface area contributed by atoms with E-state index in [4.69, 9.17) is 15.0 Å². The van der Waals surface area contributed by atoms with Gasteiger partial charge >= 0.3 is 0 Å². The molecular formula is C45H28N4S. The highest BCUT2D eigenvalue weighted by molar-refractivity contribution is 7.25. The number of hydrogen-bond donors (Lipinski definition) is 0. The maximum atomic E-state index is 4.98. The molecule has 0 N–H and O–H groups in total. The summed E-state index contributed by atoms with van der Waals surface area (Å²) < 4.78 is 4.88. The van der Waals surface area contributed by atoms with Gasteiger partial charge in [0.1, 0.15) is 0 Å². The van der Waals surface area contributed by atoms with Crippen LogP contribution in [-0.2, 0) is 0 Å². The average molecular weight is 657 g/mol. The number of hydrogen-bond acceptors (Lipinski definition) is 4. The van der Waals surface area contributed by atoms with Crippen molar-refractivity contribution in [2.45, 2.75) is 0 Å². The predicted octanol–water partition coefficient (Wildman–Crippen LogP) is 12.0. The Hall–Kier alpha value is -6.43. The van der Waals surface area contributed by atoms with Gasteiger partial charge in [0.15, 0.2) is 17.5 Å². The van der Waals surface area contributed by atoms with Crippen molar-refractivity contribution in [3.8, 4) is 51.0 Å². The van der Waals surface area contributed by atoms with Gasteiger partial charge < -0.3 is 4.57 Å². The fraction of sp³-hybridized carbons (Fsp3) is 0. The Balaban J connectivity index is 1.12. The largest absolute Gasteiger partial charge is 0.309 e. The second-order valence-electron chi connectivity index (χ2n) is 12.5. The fourth-order valence-electron chi connectivity index (χ4n) is 7.14. The van der Waals surface area contributed by atoms with Crippen LogP contribution in [0, 0.1) is 0 Å². The zero-order valence-electron chi connectivity index (χ0n) is 26.9. The zero-order valence-corrected chi connectivity index (χ0v) is 27.7. The summed E-state index contributed by atoms with van der Waals surface area (Å²) in [6.45, 7) is 0. The van der Waals surface area contributed by atoms with E-state index in [1.807, 2.05) is 72.0 Å². The summed E-state index contributed by atoms with van der Waals surface area (Å²) >= 11 is 1.82. The van der Waals surface area contributed by atoms with Gasteiger partial charge in [0, 0.05) is 53.3 Å². The van der Waals surface area contributed by atoms with Crippen LogP contribution in [0.15, 0.2) is 170 Å². The van der Waals surface area contributed by atoms with Crippen molar-refractivity contribution in [1.29, 1.82) is 0 Å². The van der Waals surface area contributed by atoms with Gasteiger partial charge in [-0.3, -0.25) is 0 Å². The van der Waals surface area contributed by atoms with Gasteiger partial charge in [-0.1, -0.05) is 127 Å². The van der Waals surface area contributed by atoms with E-state index in [2.05, 4.69) is 114 Å². The lowest BCUT2D eigenvalue weighted by Gasteiger charge is -2.09. The highest BCUT2D eigenvalue weighted by atomic mass is 32.1. The summed E-state index contributed by atoms with van der Waals surface area (Å²) in [6.07, 6.45) is 0. The molecule has 0 aliphatic heterocycles. The fourth-order valence-corrected chi connectivity index (χ4v) is 8.26. The van der Waals surface area contributed by atoms with Crippen LogP contribution in [0.25, 0.3) is 93.0 Å². The molecule has 10 rings (SSSR count). The molecule has 0 saturated heterocycles. The Labute approximate surface area is 292 Å². The molecule has 234 valence electrons. The smallest absolute Gasteiger partial charge is 0.164 e. The Morgan fingerprint density at radius 3 is 1.68 bits per heavy atom. The second-order valence-corrected chi connectivity index (χ2v) is 13.5. The molecule has 0 aliphatic rings. The van der Waals surface area contributed by atoms with Gasteiger partial charge in [-0.25, -0.2) is 15.0 Å². The quantitative estimate of drug-likeness (QED) is 0.185. The van der Waals surface area contributed by atoms with Crippen LogP contribution in [0.4, 0.5) is 0 Å². The van der Waals surface area contributed by atoms with Gasteiger partial charge in [0.2, 0.25) is 0 Å². The molecule has 0 radical (unpaired) electrons. The molecule has 0 amide bonds. The van der Waals surface area contributed by atoms with Gasteiger partial charge in [-0.05, 0) is 53.6 Å². The van der Waals surface area contributed by atoms with E-state index in [0.717, 1.165) is 22.4 Å². The first-order valence-electron chi connectivity index (χ1n) is 16.7. The highest BCUT2D eigenvalue weighted by Gasteiger charge is 2.18. The molecule has 50 heavy (non-hydrogen) atoms. The molecule has 0 atom stereocenters. The third kappa shape index (κ3) is 4.71. The summed E-state index contributed by atoms with van der Waals surface area (Å²) in [5.74, 6) is 1.99. The first kappa shape index (κ1) is 28.6. The molecule has 3 heterocycles. The number of rotatable bonds is 5. The van der Waals surface area contributed by atoms with Crippen molar-refractivity contribution in [2.24, 2.45) is 0 Å². The number of nitrogens with zero attached hydrogens (tertiary/aromatic N) is 4. The summed E-state index contributed by atoms with van der Waals surface area (Å²) in [4.78, 5) is 14.8. The summed E-state index contributed by atoms with van der Waals surface area (Å²) in [6, 6.07) is 59.8. The topological polar surface area (TPSA) is 43.6 Å². The number of thiophene rings is 1. The molecule has 7 aromatic carbocycles. The van der Waals surface area contributed by atoms with Crippen molar-refractivity contribution in [3.05, 3.63) is 170 Å². The standard InChI is InChI=1S/C45H28N4S/c1-4-13-29(14-5-1)34-20-12-22-39-42(34)36-19-10-11-21-38(36)49(39)33-24-25-35-37-27-32(23-26-40(37)50-41(35)28-33)45-47-43(30-15-6-2-7-16-30)46-44(48-45)31-17-8-3-9-18-31/h1-28H. The summed E-state index contributed by atoms with van der Waals surface area (Å²) in [5, 5.41) is 4.95. The third-order valence-electron chi connectivity index (χ3n) is 9.45. The number of fused-ring (bicyclic) bond motifs is 6. The van der Waals surface area contributed by atoms with Gasteiger partial charge in [0.25, 0.3) is 0 Å². The zero-order chi connectivity index (χ0) is 33.0. The summed E-state index contributed by atoms with van der Waals surface area (Å²) in [7, 11) is 0. The molecule has 10 aromatic rings. The summed E-state index contributed by atoms with van der Waals surface area (Å²) in [5.41, 5.74) is 8.92. The van der Waals surface area contributed by atoms with E-state index in [9.17, 15) is 0 Å². The van der Waals surface area contributed by atoms with Crippen LogP contribution < -0.4 is 0 Å². The first-order chi connectivity index (χ1) is 24.8. The van der Waals surface area contributed by atoms with Crippen LogP contribution in [0.3, 0.4) is 0 Å². The minimum atomic E-state index is 0.662. The van der Waals surface area contributed by atoms with E-state index < -0.39 is 0 Å². The van der Waals surface area contributed by atoms with Crippen LogP contribution in [-0.4, -0.2) is 19.5 Å². The molecule has 0 aliphatic carbocycles. The lowest BCUT2D eigenvalue weighted by Crippen LogP contribution is -2.00. The van der Waals surface area contributed by atoms with Gasteiger partial charge in [-0.15, -0.1) is 11.3 Å². The Kier molecular flexibility index (Phi) is 6.64. The molecule has 0 fully saturated rings. The van der Waals surface area contributed by atoms with Crippen LogP contribution >= 0.6 is 11.3 Å². The molecule has 0 unspecified atom stereocenters. The first-order valence-corrected chi connectivity index (χ1v) is 17.5. The molecule has 0 bridgehead atoms. The normalized spacial score (nSPS) is 11.6. The van der Waals surface area contributed by atoms with Crippen LogP contribution in [0.1, 0.15) is 0 Å². The van der Waals surface area contributed by atoms with Crippen molar-refractivity contribution in [2.75, 3.05) is 0 Å². The Morgan fingerprint density at radius 1 is 0.380 bits per heavy atom. The van der Waals surface area contributed by atoms with Crippen LogP contribution in [0.2, 0.25) is 0 Å². The van der Waals surface area contributed by atoms with Crippen LogP contribution in [0.5, 0.6) is 0 Å². The Morgan fingerprint density at radius 2 is 0.980 bits per heavy atom. The van der Waals surface area contributed by atoms with E-state index in [1.54, 1.807) is 0 Å². The van der Waals surface area contributed by atoms with Gasteiger partial charge in [0.05, 0.1) is 11.0 Å². The maximum absolute atomic E-state index is 4.98. The SMILES string of the molecule is c1ccc(-c2nc(-c3ccccc3)nc(-c3ccc4sc5cc(-n6c7ccccc7c7c(-c8ccccc8)cccc76)ccc5c4c3)n2)cc1. The third-order valence-corrected chi connectivity index (χ3v) is 10.6. The Bertz CT molecular complexity index is 2800. The van der Waals surface area contributed by atoms with Crippen molar-refractivity contribution in [3.63, 3.8) is 0 Å². The second kappa shape index (κ2) is 11.6. The van der Waals surface area contributed by atoms with Gasteiger partial charge in [-0.2, -0.15) is 0 Å².